The number of carbonyl (C=O) groups excluding carboxylic acids is 3. The van der Waals surface area contributed by atoms with Gasteiger partial charge in [-0.3, -0.25) is 9.59 Å². The number of amides is 2. The van der Waals surface area contributed by atoms with Gasteiger partial charge < -0.3 is 10.2 Å². The van der Waals surface area contributed by atoms with Gasteiger partial charge in [0.1, 0.15) is 6.04 Å². The molecule has 0 aromatic heterocycles. The van der Waals surface area contributed by atoms with Gasteiger partial charge in [0.05, 0.1) is 0 Å². The van der Waals surface area contributed by atoms with E-state index in [4.69, 9.17) is 23.2 Å². The first kappa shape index (κ1) is 16.3. The van der Waals surface area contributed by atoms with E-state index >= 15 is 0 Å². The average molecular weight is 319 g/mol. The lowest BCUT2D eigenvalue weighted by molar-refractivity contribution is -0.158. The largest absolute Gasteiger partial charge is 0.353 e. The van der Waals surface area contributed by atoms with E-state index < -0.39 is 23.8 Å². The highest BCUT2D eigenvalue weighted by atomic mass is 35.5. The van der Waals surface area contributed by atoms with Gasteiger partial charge in [-0.1, -0.05) is 23.2 Å². The minimum absolute atomic E-state index is 0.210. The first-order chi connectivity index (χ1) is 9.29. The number of halogens is 2. The van der Waals surface area contributed by atoms with Crippen molar-refractivity contribution >= 4 is 41.0 Å². The second-order valence-corrected chi connectivity index (χ2v) is 4.81. The van der Waals surface area contributed by atoms with Crippen LogP contribution in [0.5, 0.6) is 0 Å². The van der Waals surface area contributed by atoms with Crippen LogP contribution in [0.25, 0.3) is 0 Å². The van der Waals surface area contributed by atoms with Crippen molar-refractivity contribution in [2.45, 2.75) is 19.9 Å². The van der Waals surface area contributed by atoms with Crippen LogP contribution in [0.2, 0.25) is 10.0 Å². The first-order valence-electron chi connectivity index (χ1n) is 5.54. The Hall–Kier alpha value is -1.79. The molecule has 1 aromatic rings. The lowest BCUT2D eigenvalue weighted by Crippen LogP contribution is -2.42. The Morgan fingerprint density at radius 3 is 2.20 bits per heavy atom. The molecule has 8 heteroatoms. The normalized spacial score (nSPS) is 11.4. The molecule has 0 aliphatic heterocycles. The summed E-state index contributed by atoms with van der Waals surface area (Å²) in [4.78, 5) is 38.4. The summed E-state index contributed by atoms with van der Waals surface area (Å²) in [7, 11) is 0. The predicted molar refractivity (Wildman–Crippen MR) is 73.3 cm³/mol. The zero-order chi connectivity index (χ0) is 15.3. The second-order valence-electron chi connectivity index (χ2n) is 3.93. The molecule has 0 heterocycles. The van der Waals surface area contributed by atoms with Crippen LogP contribution in [0, 0.1) is 0 Å². The van der Waals surface area contributed by atoms with Crippen LogP contribution in [-0.2, 0) is 14.4 Å². The average Bonchev–Trinajstić information content (AvgIpc) is 2.34. The Labute approximate surface area is 125 Å². The Balaban J connectivity index is 2.65. The first-order valence-corrected chi connectivity index (χ1v) is 6.29. The van der Waals surface area contributed by atoms with E-state index in [2.05, 4.69) is 10.2 Å². The van der Waals surface area contributed by atoms with Crippen molar-refractivity contribution in [2.24, 2.45) is 0 Å². The van der Waals surface area contributed by atoms with E-state index in [9.17, 15) is 14.4 Å². The quantitative estimate of drug-likeness (QED) is 0.831. The van der Waals surface area contributed by atoms with Crippen LogP contribution >= 0.6 is 23.2 Å². The fourth-order valence-corrected chi connectivity index (χ4v) is 1.76. The van der Waals surface area contributed by atoms with Crippen molar-refractivity contribution in [3.63, 3.8) is 0 Å². The third-order valence-electron chi connectivity index (χ3n) is 2.12. The van der Waals surface area contributed by atoms with E-state index in [0.717, 1.165) is 0 Å². The minimum atomic E-state index is -0.952. The second kappa shape index (κ2) is 7.12. The monoisotopic (exact) mass is 318 g/mol. The number of benzene rings is 1. The SMILES string of the molecule is CC(=O)NOC(=O)C(C)NC(=O)c1cc(Cl)cc(Cl)c1. The van der Waals surface area contributed by atoms with E-state index in [1.54, 1.807) is 0 Å². The molecule has 0 aliphatic rings. The van der Waals surface area contributed by atoms with E-state index in [-0.39, 0.29) is 5.56 Å². The topological polar surface area (TPSA) is 84.5 Å². The van der Waals surface area contributed by atoms with Crippen LogP contribution < -0.4 is 10.8 Å². The van der Waals surface area contributed by atoms with Gasteiger partial charge >= 0.3 is 5.97 Å². The maximum atomic E-state index is 11.9. The summed E-state index contributed by atoms with van der Waals surface area (Å²) in [5.41, 5.74) is 2.09. The number of carbonyl (C=O) groups is 3. The Bertz CT molecular complexity index is 528. The third kappa shape index (κ3) is 5.07. The highest BCUT2D eigenvalue weighted by molar-refractivity contribution is 6.35. The molecule has 0 spiro atoms. The molecule has 2 amide bonds. The molecule has 1 unspecified atom stereocenters. The van der Waals surface area contributed by atoms with Crippen molar-refractivity contribution in [2.75, 3.05) is 0 Å². The van der Waals surface area contributed by atoms with E-state index in [1.165, 1.54) is 32.0 Å². The van der Waals surface area contributed by atoms with Crippen molar-refractivity contribution in [1.82, 2.24) is 10.8 Å². The van der Waals surface area contributed by atoms with Gasteiger partial charge in [-0.15, -0.1) is 0 Å². The summed E-state index contributed by atoms with van der Waals surface area (Å²) in [6.45, 7) is 2.60. The highest BCUT2D eigenvalue weighted by Gasteiger charge is 2.19. The van der Waals surface area contributed by atoms with Gasteiger partial charge in [0.15, 0.2) is 0 Å². The van der Waals surface area contributed by atoms with Gasteiger partial charge in [-0.25, -0.2) is 4.79 Å². The van der Waals surface area contributed by atoms with E-state index in [0.29, 0.717) is 10.0 Å². The van der Waals surface area contributed by atoms with Crippen molar-refractivity contribution in [3.8, 4) is 0 Å². The summed E-state index contributed by atoms with van der Waals surface area (Å²) in [5.74, 6) is -1.87. The van der Waals surface area contributed by atoms with Crippen LogP contribution in [0.4, 0.5) is 0 Å². The molecule has 0 saturated heterocycles. The summed E-state index contributed by atoms with van der Waals surface area (Å²) in [6.07, 6.45) is 0. The molecule has 108 valence electrons. The minimum Gasteiger partial charge on any atom is -0.339 e. The third-order valence-corrected chi connectivity index (χ3v) is 2.56. The summed E-state index contributed by atoms with van der Waals surface area (Å²) in [6, 6.07) is 3.35. The molecule has 0 bridgehead atoms. The molecular weight excluding hydrogens is 307 g/mol. The summed E-state index contributed by atoms with van der Waals surface area (Å²) in [5, 5.41) is 3.00. The lowest BCUT2D eigenvalue weighted by atomic mass is 10.2. The molecule has 2 N–H and O–H groups in total. The Kier molecular flexibility index (Phi) is 5.79. The van der Waals surface area contributed by atoms with Crippen LogP contribution in [0.3, 0.4) is 0 Å². The van der Waals surface area contributed by atoms with Crippen LogP contribution in [0.15, 0.2) is 18.2 Å². The zero-order valence-corrected chi connectivity index (χ0v) is 12.2. The molecule has 1 aromatic carbocycles. The summed E-state index contributed by atoms with van der Waals surface area (Å²) < 4.78 is 0. The van der Waals surface area contributed by atoms with Gasteiger partial charge in [0.2, 0.25) is 5.91 Å². The molecular formula is C12H12Cl2N2O4. The fraction of sp³-hybridized carbons (Fsp3) is 0.250. The zero-order valence-electron chi connectivity index (χ0n) is 10.7. The lowest BCUT2D eigenvalue weighted by Gasteiger charge is -2.13. The molecule has 0 saturated carbocycles. The molecule has 20 heavy (non-hydrogen) atoms. The van der Waals surface area contributed by atoms with Gasteiger partial charge in [0, 0.05) is 22.5 Å². The van der Waals surface area contributed by atoms with Gasteiger partial charge in [0.25, 0.3) is 5.91 Å². The molecule has 0 radical (unpaired) electrons. The molecule has 1 rings (SSSR count). The number of nitrogens with one attached hydrogen (secondary N) is 2. The highest BCUT2D eigenvalue weighted by Crippen LogP contribution is 2.19. The number of hydrogen-bond donors (Lipinski definition) is 2. The summed E-state index contributed by atoms with van der Waals surface area (Å²) >= 11 is 11.5. The van der Waals surface area contributed by atoms with Crippen LogP contribution in [0.1, 0.15) is 24.2 Å². The van der Waals surface area contributed by atoms with Gasteiger partial charge in [-0.05, 0) is 25.1 Å². The molecule has 0 fully saturated rings. The Morgan fingerprint density at radius 2 is 1.70 bits per heavy atom. The van der Waals surface area contributed by atoms with Gasteiger partial charge in [-0.2, -0.15) is 5.48 Å². The molecule has 0 aliphatic carbocycles. The number of rotatable bonds is 3. The molecule has 1 atom stereocenters. The standard InChI is InChI=1S/C12H12Cl2N2O4/c1-6(12(19)20-16-7(2)17)15-11(18)8-3-9(13)5-10(14)4-8/h3-6H,1-2H3,(H,15,18)(H,16,17). The fourth-order valence-electron chi connectivity index (χ4n) is 1.23. The molecule has 6 nitrogen and oxygen atoms in total. The maximum absolute atomic E-state index is 11.9. The maximum Gasteiger partial charge on any atom is 0.353 e. The predicted octanol–water partition coefficient (Wildman–Crippen LogP) is 1.71. The van der Waals surface area contributed by atoms with Crippen LogP contribution in [-0.4, -0.2) is 23.8 Å². The number of hydroxylamine groups is 1. The Morgan fingerprint density at radius 1 is 1.15 bits per heavy atom. The van der Waals surface area contributed by atoms with Crippen molar-refractivity contribution in [3.05, 3.63) is 33.8 Å². The van der Waals surface area contributed by atoms with Crippen molar-refractivity contribution < 1.29 is 19.2 Å². The van der Waals surface area contributed by atoms with E-state index in [1.807, 2.05) is 5.48 Å². The number of hydrogen-bond acceptors (Lipinski definition) is 4. The van der Waals surface area contributed by atoms with Crippen molar-refractivity contribution in [1.29, 1.82) is 0 Å². The smallest absolute Gasteiger partial charge is 0.339 e.